The molecule has 0 unspecified atom stereocenters. The fourth-order valence-electron chi connectivity index (χ4n) is 2.14. The van der Waals surface area contributed by atoms with Crippen molar-refractivity contribution < 1.29 is 18.7 Å². The normalized spacial score (nSPS) is 10.2. The van der Waals surface area contributed by atoms with Crippen LogP contribution in [0.5, 0.6) is 0 Å². The summed E-state index contributed by atoms with van der Waals surface area (Å²) >= 11 is 0. The van der Waals surface area contributed by atoms with Crippen molar-refractivity contribution in [3.05, 3.63) is 65.5 Å². The number of methoxy groups -OCH3 is 1. The second-order valence-electron chi connectivity index (χ2n) is 5.26. The molecule has 0 aliphatic carbocycles. The van der Waals surface area contributed by atoms with Gasteiger partial charge in [-0.2, -0.15) is 0 Å². The molecule has 2 amide bonds. The van der Waals surface area contributed by atoms with E-state index in [-0.39, 0.29) is 30.7 Å². The van der Waals surface area contributed by atoms with Crippen molar-refractivity contribution in [2.24, 2.45) is 0 Å². The third-order valence-electron chi connectivity index (χ3n) is 3.25. The smallest absolute Gasteiger partial charge is 0.250 e. The second kappa shape index (κ2) is 8.79. The Labute approximate surface area is 139 Å². The summed E-state index contributed by atoms with van der Waals surface area (Å²) in [7, 11) is 1.45. The number of carbonyl (C=O) groups excluding carboxylic acids is 2. The Morgan fingerprint density at radius 2 is 1.79 bits per heavy atom. The van der Waals surface area contributed by atoms with Crippen LogP contribution >= 0.6 is 0 Å². The van der Waals surface area contributed by atoms with Crippen molar-refractivity contribution >= 4 is 17.5 Å². The fourth-order valence-corrected chi connectivity index (χ4v) is 2.14. The molecule has 0 saturated heterocycles. The van der Waals surface area contributed by atoms with Crippen LogP contribution in [0.2, 0.25) is 0 Å². The van der Waals surface area contributed by atoms with Gasteiger partial charge in [-0.25, -0.2) is 4.39 Å². The van der Waals surface area contributed by atoms with E-state index >= 15 is 0 Å². The molecule has 2 aromatic carbocycles. The lowest BCUT2D eigenvalue weighted by Crippen LogP contribution is -2.24. The first-order chi connectivity index (χ1) is 11.6. The minimum atomic E-state index is -0.327. The largest absolute Gasteiger partial charge is 0.375 e. The average molecular weight is 330 g/mol. The highest BCUT2D eigenvalue weighted by Crippen LogP contribution is 2.11. The molecule has 2 rings (SSSR count). The molecular weight excluding hydrogens is 311 g/mol. The maximum absolute atomic E-state index is 12.8. The summed E-state index contributed by atoms with van der Waals surface area (Å²) in [5.41, 5.74) is 2.24. The van der Waals surface area contributed by atoms with Crippen LogP contribution in [0.1, 0.15) is 11.1 Å². The van der Waals surface area contributed by atoms with Gasteiger partial charge >= 0.3 is 0 Å². The van der Waals surface area contributed by atoms with Gasteiger partial charge in [-0.1, -0.05) is 24.3 Å². The molecule has 0 aliphatic heterocycles. The number of nitrogens with one attached hydrogen (secondary N) is 2. The Balaban J connectivity index is 1.86. The van der Waals surface area contributed by atoms with E-state index in [0.29, 0.717) is 12.2 Å². The van der Waals surface area contributed by atoms with Crippen LogP contribution in [0.25, 0.3) is 0 Å². The molecule has 5 nitrogen and oxygen atoms in total. The zero-order chi connectivity index (χ0) is 17.4. The topological polar surface area (TPSA) is 67.4 Å². The van der Waals surface area contributed by atoms with Gasteiger partial charge in [0.15, 0.2) is 0 Å². The van der Waals surface area contributed by atoms with Gasteiger partial charge in [-0.05, 0) is 35.4 Å². The summed E-state index contributed by atoms with van der Waals surface area (Å²) in [6, 6.07) is 13.0. The lowest BCUT2D eigenvalue weighted by molar-refractivity contribution is -0.121. The number of carbonyl (C=O) groups is 2. The Kier molecular flexibility index (Phi) is 6.45. The summed E-state index contributed by atoms with van der Waals surface area (Å²) in [5, 5.41) is 5.50. The number of ether oxygens (including phenoxy) is 1. The maximum Gasteiger partial charge on any atom is 0.250 e. The molecule has 126 valence electrons. The Morgan fingerprint density at radius 1 is 1.04 bits per heavy atom. The first kappa shape index (κ1) is 17.6. The number of amides is 2. The Bertz CT molecular complexity index is 702. The summed E-state index contributed by atoms with van der Waals surface area (Å²) in [6.45, 7) is 0.326. The van der Waals surface area contributed by atoms with Gasteiger partial charge in [0.2, 0.25) is 11.8 Å². The van der Waals surface area contributed by atoms with Gasteiger partial charge in [-0.15, -0.1) is 0 Å². The Hall–Kier alpha value is -2.73. The van der Waals surface area contributed by atoms with E-state index in [1.165, 1.54) is 19.2 Å². The highest BCUT2D eigenvalue weighted by Gasteiger charge is 2.05. The van der Waals surface area contributed by atoms with E-state index in [0.717, 1.165) is 11.1 Å². The highest BCUT2D eigenvalue weighted by atomic mass is 19.1. The van der Waals surface area contributed by atoms with E-state index < -0.39 is 0 Å². The van der Waals surface area contributed by atoms with Gasteiger partial charge in [0.05, 0.1) is 6.42 Å². The number of rotatable bonds is 7. The predicted molar refractivity (Wildman–Crippen MR) is 88.9 cm³/mol. The minimum absolute atomic E-state index is 0.0152. The predicted octanol–water partition coefficient (Wildman–Crippen LogP) is 2.27. The van der Waals surface area contributed by atoms with Crippen molar-refractivity contribution in [3.63, 3.8) is 0 Å². The standard InChI is InChI=1S/C18H19FN2O3/c1-24-12-18(23)21-16-4-2-3-14(9-16)11-20-17(22)10-13-5-7-15(19)8-6-13/h2-9H,10-12H2,1H3,(H,20,22)(H,21,23). The molecule has 0 aliphatic rings. The van der Waals surface area contributed by atoms with Crippen molar-refractivity contribution in [1.82, 2.24) is 5.32 Å². The van der Waals surface area contributed by atoms with Crippen molar-refractivity contribution in [2.75, 3.05) is 19.0 Å². The molecule has 2 aromatic rings. The summed E-state index contributed by atoms with van der Waals surface area (Å²) in [5.74, 6) is -0.725. The molecule has 2 N–H and O–H groups in total. The zero-order valence-corrected chi connectivity index (χ0v) is 13.3. The molecule has 0 bridgehead atoms. The SMILES string of the molecule is COCC(=O)Nc1cccc(CNC(=O)Cc2ccc(F)cc2)c1. The van der Waals surface area contributed by atoms with Crippen LogP contribution < -0.4 is 10.6 Å². The molecule has 0 spiro atoms. The van der Waals surface area contributed by atoms with Crippen molar-refractivity contribution in [2.45, 2.75) is 13.0 Å². The molecule has 0 saturated carbocycles. The van der Waals surface area contributed by atoms with Crippen molar-refractivity contribution in [3.8, 4) is 0 Å². The molecule has 6 heteroatoms. The van der Waals surface area contributed by atoms with Crippen LogP contribution in [0, 0.1) is 5.82 Å². The number of benzene rings is 2. The quantitative estimate of drug-likeness (QED) is 0.818. The lowest BCUT2D eigenvalue weighted by atomic mass is 10.1. The van der Waals surface area contributed by atoms with E-state index in [2.05, 4.69) is 10.6 Å². The molecule has 0 fully saturated rings. The summed E-state index contributed by atoms with van der Waals surface area (Å²) in [6.07, 6.45) is 0.185. The van der Waals surface area contributed by atoms with E-state index in [4.69, 9.17) is 4.74 Å². The van der Waals surface area contributed by atoms with Gasteiger partial charge in [-0.3, -0.25) is 9.59 Å². The number of halogens is 1. The third-order valence-corrected chi connectivity index (χ3v) is 3.25. The summed E-state index contributed by atoms with van der Waals surface area (Å²) in [4.78, 5) is 23.4. The molecule has 0 radical (unpaired) electrons. The second-order valence-corrected chi connectivity index (χ2v) is 5.26. The van der Waals surface area contributed by atoms with Crippen molar-refractivity contribution in [1.29, 1.82) is 0 Å². The zero-order valence-electron chi connectivity index (χ0n) is 13.3. The van der Waals surface area contributed by atoms with Crippen LogP contribution in [0.4, 0.5) is 10.1 Å². The van der Waals surface area contributed by atoms with Gasteiger partial charge < -0.3 is 15.4 Å². The monoisotopic (exact) mass is 330 g/mol. The highest BCUT2D eigenvalue weighted by molar-refractivity contribution is 5.91. The van der Waals surface area contributed by atoms with Gasteiger partial charge in [0.1, 0.15) is 12.4 Å². The fraction of sp³-hybridized carbons (Fsp3) is 0.222. The van der Waals surface area contributed by atoms with E-state index in [1.807, 2.05) is 6.07 Å². The summed E-state index contributed by atoms with van der Waals surface area (Å²) < 4.78 is 17.6. The molecule has 0 aromatic heterocycles. The first-order valence-electron chi connectivity index (χ1n) is 7.45. The third kappa shape index (κ3) is 5.81. The number of hydrogen-bond donors (Lipinski definition) is 2. The Morgan fingerprint density at radius 3 is 2.50 bits per heavy atom. The minimum Gasteiger partial charge on any atom is -0.375 e. The first-order valence-corrected chi connectivity index (χ1v) is 7.45. The van der Waals surface area contributed by atoms with E-state index in [9.17, 15) is 14.0 Å². The molecular formula is C18H19FN2O3. The number of hydrogen-bond acceptors (Lipinski definition) is 3. The van der Waals surface area contributed by atoms with Gasteiger partial charge in [0, 0.05) is 19.3 Å². The molecule has 24 heavy (non-hydrogen) atoms. The van der Waals surface area contributed by atoms with Gasteiger partial charge in [0.25, 0.3) is 0 Å². The number of anilines is 1. The average Bonchev–Trinajstić information content (AvgIpc) is 2.56. The molecule has 0 heterocycles. The maximum atomic E-state index is 12.8. The van der Waals surface area contributed by atoms with Crippen LogP contribution in [0.3, 0.4) is 0 Å². The van der Waals surface area contributed by atoms with E-state index in [1.54, 1.807) is 30.3 Å². The van der Waals surface area contributed by atoms with Crippen LogP contribution in [-0.4, -0.2) is 25.5 Å². The van der Waals surface area contributed by atoms with Crippen LogP contribution in [-0.2, 0) is 27.3 Å². The molecule has 0 atom stereocenters. The van der Waals surface area contributed by atoms with Crippen LogP contribution in [0.15, 0.2) is 48.5 Å². The lowest BCUT2D eigenvalue weighted by Gasteiger charge is -2.09.